The fraction of sp³-hybridized carbons (Fsp3) is 0.882. The van der Waals surface area contributed by atoms with Crippen LogP contribution in [0.2, 0.25) is 0 Å². The standard InChI is InChI=1S/C17H20F13NO4/c1-6-34-10(33)31-8(9(32)35-11(3,4)5)7(2)12(18,19)13(20,21)14(22,23)15(24,25)16(26,27)17(28,29)30/h7-8H,6H2,1-5H3,(H,31,33). The number of esters is 1. The molecule has 0 heterocycles. The molecule has 5 nitrogen and oxygen atoms in total. The van der Waals surface area contributed by atoms with E-state index in [1.807, 2.05) is 0 Å². The molecule has 0 saturated carbocycles. The summed E-state index contributed by atoms with van der Waals surface area (Å²) in [5.74, 6) is -44.0. The van der Waals surface area contributed by atoms with Crippen LogP contribution in [0.15, 0.2) is 0 Å². The normalized spacial score (nSPS) is 16.4. The lowest BCUT2D eigenvalue weighted by Gasteiger charge is -2.42. The molecule has 208 valence electrons. The van der Waals surface area contributed by atoms with Crippen molar-refractivity contribution in [3.63, 3.8) is 0 Å². The number of carbonyl (C=O) groups excluding carboxylic acids is 2. The zero-order valence-corrected chi connectivity index (χ0v) is 18.4. The first-order chi connectivity index (χ1) is 15.1. The quantitative estimate of drug-likeness (QED) is 0.291. The van der Waals surface area contributed by atoms with Gasteiger partial charge >= 0.3 is 47.9 Å². The summed E-state index contributed by atoms with van der Waals surface area (Å²) in [7, 11) is 0. The second-order valence-corrected chi connectivity index (χ2v) is 8.08. The van der Waals surface area contributed by atoms with Crippen molar-refractivity contribution >= 4 is 12.1 Å². The topological polar surface area (TPSA) is 64.6 Å². The van der Waals surface area contributed by atoms with Crippen molar-refractivity contribution in [3.05, 3.63) is 0 Å². The number of halogens is 13. The van der Waals surface area contributed by atoms with Gasteiger partial charge in [0.1, 0.15) is 11.6 Å². The largest absolute Gasteiger partial charge is 0.460 e. The fourth-order valence-electron chi connectivity index (χ4n) is 2.33. The maximum Gasteiger partial charge on any atom is 0.460 e. The van der Waals surface area contributed by atoms with Crippen LogP contribution in [0, 0.1) is 5.92 Å². The summed E-state index contributed by atoms with van der Waals surface area (Å²) in [6, 6.07) is -3.05. The number of ether oxygens (including phenoxy) is 2. The molecule has 1 N–H and O–H groups in total. The third-order valence-electron chi connectivity index (χ3n) is 4.24. The van der Waals surface area contributed by atoms with E-state index in [0.29, 0.717) is 0 Å². The number of hydrogen-bond donors (Lipinski definition) is 1. The molecule has 2 unspecified atom stereocenters. The molecule has 0 bridgehead atoms. The third kappa shape index (κ3) is 5.98. The molecule has 0 aliphatic carbocycles. The number of nitrogens with one attached hydrogen (secondary N) is 1. The lowest BCUT2D eigenvalue weighted by atomic mass is 9.84. The maximum atomic E-state index is 14.5. The van der Waals surface area contributed by atoms with Gasteiger partial charge in [-0.1, -0.05) is 6.92 Å². The van der Waals surface area contributed by atoms with E-state index in [0.717, 1.165) is 27.7 Å². The summed E-state index contributed by atoms with van der Waals surface area (Å²) in [6.45, 7) is 3.74. The molecule has 0 fully saturated rings. The summed E-state index contributed by atoms with van der Waals surface area (Å²) in [4.78, 5) is 23.7. The minimum absolute atomic E-state index is 0.176. The van der Waals surface area contributed by atoms with Gasteiger partial charge in [-0.25, -0.2) is 9.59 Å². The number of amides is 1. The fourth-order valence-corrected chi connectivity index (χ4v) is 2.33. The highest BCUT2D eigenvalue weighted by Gasteiger charge is 2.91. The Labute approximate surface area is 189 Å². The van der Waals surface area contributed by atoms with Crippen molar-refractivity contribution in [1.29, 1.82) is 0 Å². The highest BCUT2D eigenvalue weighted by molar-refractivity contribution is 5.82. The van der Waals surface area contributed by atoms with Crippen LogP contribution < -0.4 is 5.32 Å². The monoisotopic (exact) mass is 549 g/mol. The number of alkyl halides is 13. The summed E-state index contributed by atoms with van der Waals surface area (Å²) >= 11 is 0. The molecule has 0 rings (SSSR count). The zero-order valence-electron chi connectivity index (χ0n) is 18.4. The van der Waals surface area contributed by atoms with Gasteiger partial charge < -0.3 is 14.8 Å². The highest BCUT2D eigenvalue weighted by atomic mass is 19.4. The van der Waals surface area contributed by atoms with Gasteiger partial charge in [-0.3, -0.25) is 0 Å². The molecule has 0 spiro atoms. The average molecular weight is 549 g/mol. The van der Waals surface area contributed by atoms with Crippen LogP contribution in [-0.2, 0) is 14.3 Å². The average Bonchev–Trinajstić information content (AvgIpc) is 2.62. The van der Waals surface area contributed by atoms with Gasteiger partial charge in [0.2, 0.25) is 0 Å². The molecule has 0 aliphatic rings. The van der Waals surface area contributed by atoms with E-state index in [1.165, 1.54) is 5.32 Å². The maximum absolute atomic E-state index is 14.5. The number of carbonyl (C=O) groups is 2. The SMILES string of the molecule is CCOC(=O)NC(C(=O)OC(C)(C)C)C(C)C(F)(F)C(F)(F)C(F)(F)C(F)(F)C(F)(F)C(F)(F)F. The minimum Gasteiger partial charge on any atom is -0.458 e. The molecule has 0 aromatic carbocycles. The van der Waals surface area contributed by atoms with E-state index in [2.05, 4.69) is 9.47 Å². The van der Waals surface area contributed by atoms with Gasteiger partial charge in [0.15, 0.2) is 0 Å². The second kappa shape index (κ2) is 9.71. The second-order valence-electron chi connectivity index (χ2n) is 8.08. The Morgan fingerprint density at radius 3 is 1.49 bits per heavy atom. The summed E-state index contributed by atoms with van der Waals surface area (Å²) < 4.78 is 183. The molecule has 1 amide bonds. The van der Waals surface area contributed by atoms with Gasteiger partial charge in [0.05, 0.1) is 12.5 Å². The molecule has 35 heavy (non-hydrogen) atoms. The summed E-state index contributed by atoms with van der Waals surface area (Å²) in [6.07, 6.45) is -9.34. The molecule has 0 aromatic rings. The van der Waals surface area contributed by atoms with E-state index in [4.69, 9.17) is 0 Å². The zero-order chi connectivity index (χ0) is 28.6. The molecular formula is C17H20F13NO4. The van der Waals surface area contributed by atoms with Crippen LogP contribution in [0.25, 0.3) is 0 Å². The van der Waals surface area contributed by atoms with Crippen molar-refractivity contribution in [3.8, 4) is 0 Å². The van der Waals surface area contributed by atoms with E-state index >= 15 is 0 Å². The Morgan fingerprint density at radius 2 is 1.14 bits per heavy atom. The van der Waals surface area contributed by atoms with Crippen molar-refractivity contribution in [2.75, 3.05) is 6.61 Å². The first-order valence-electron chi connectivity index (χ1n) is 9.25. The molecule has 18 heteroatoms. The van der Waals surface area contributed by atoms with Crippen LogP contribution in [0.5, 0.6) is 0 Å². The first-order valence-corrected chi connectivity index (χ1v) is 9.25. The summed E-state index contributed by atoms with van der Waals surface area (Å²) in [5.41, 5.74) is -1.59. The molecule has 0 radical (unpaired) electrons. The van der Waals surface area contributed by atoms with Crippen molar-refractivity contribution < 1.29 is 76.1 Å². The molecule has 0 aliphatic heterocycles. The van der Waals surface area contributed by atoms with Gasteiger partial charge in [-0.05, 0) is 27.7 Å². The smallest absolute Gasteiger partial charge is 0.458 e. The van der Waals surface area contributed by atoms with Gasteiger partial charge in [0.25, 0.3) is 0 Å². The lowest BCUT2D eigenvalue weighted by molar-refractivity contribution is -0.443. The minimum atomic E-state index is -8.10. The van der Waals surface area contributed by atoms with Gasteiger partial charge in [-0.15, -0.1) is 0 Å². The number of rotatable bonds is 9. The molecular weight excluding hydrogens is 529 g/mol. The Bertz CT molecular complexity index is 775. The Kier molecular flexibility index (Phi) is 9.10. The molecule has 0 aromatic heterocycles. The predicted molar refractivity (Wildman–Crippen MR) is 89.7 cm³/mol. The van der Waals surface area contributed by atoms with Crippen molar-refractivity contribution in [1.82, 2.24) is 5.32 Å². The first kappa shape index (κ1) is 32.8. The van der Waals surface area contributed by atoms with Crippen LogP contribution in [0.1, 0.15) is 34.6 Å². The summed E-state index contributed by atoms with van der Waals surface area (Å²) in [5, 5.41) is 1.25. The lowest BCUT2D eigenvalue weighted by Crippen LogP contribution is -2.72. The van der Waals surface area contributed by atoms with E-state index in [9.17, 15) is 66.7 Å². The van der Waals surface area contributed by atoms with Crippen LogP contribution >= 0.6 is 0 Å². The number of alkyl carbamates (subject to hydrolysis) is 1. The van der Waals surface area contributed by atoms with Crippen LogP contribution in [0.4, 0.5) is 61.9 Å². The Balaban J connectivity index is 6.65. The van der Waals surface area contributed by atoms with Gasteiger partial charge in [0, 0.05) is 0 Å². The van der Waals surface area contributed by atoms with Crippen molar-refractivity contribution in [2.45, 2.75) is 82.1 Å². The van der Waals surface area contributed by atoms with Crippen LogP contribution in [-0.4, -0.2) is 66.1 Å². The molecule has 0 saturated heterocycles. The Morgan fingerprint density at radius 1 is 0.743 bits per heavy atom. The van der Waals surface area contributed by atoms with Crippen LogP contribution in [0.3, 0.4) is 0 Å². The highest BCUT2D eigenvalue weighted by Crippen LogP contribution is 2.61. The van der Waals surface area contributed by atoms with E-state index in [1.54, 1.807) is 0 Å². The van der Waals surface area contributed by atoms with Gasteiger partial charge in [-0.2, -0.15) is 57.1 Å². The van der Waals surface area contributed by atoms with E-state index < -0.39 is 72.0 Å². The molecule has 2 atom stereocenters. The number of hydrogen-bond acceptors (Lipinski definition) is 4. The van der Waals surface area contributed by atoms with E-state index in [-0.39, 0.29) is 6.92 Å². The Hall–Kier alpha value is -2.17. The van der Waals surface area contributed by atoms with Crippen molar-refractivity contribution in [2.24, 2.45) is 5.92 Å². The third-order valence-corrected chi connectivity index (χ3v) is 4.24. The predicted octanol–water partition coefficient (Wildman–Crippen LogP) is 5.82.